The first-order chi connectivity index (χ1) is 10.2. The topological polar surface area (TPSA) is 31.4 Å². The van der Waals surface area contributed by atoms with Gasteiger partial charge in [-0.05, 0) is 27.3 Å². The lowest BCUT2D eigenvalue weighted by atomic mass is 10.0. The van der Waals surface area contributed by atoms with Gasteiger partial charge in [-0.3, -0.25) is 0 Å². The fourth-order valence-corrected chi connectivity index (χ4v) is 3.22. The Morgan fingerprint density at radius 2 is 1.86 bits per heavy atom. The highest BCUT2D eigenvalue weighted by molar-refractivity contribution is 7.13. The predicted molar refractivity (Wildman–Crippen MR) is 83.4 cm³/mol. The first kappa shape index (κ1) is 17.5. The summed E-state index contributed by atoms with van der Waals surface area (Å²) >= 11 is 1.00. The zero-order chi connectivity index (χ0) is 16.4. The Morgan fingerprint density at radius 1 is 1.23 bits per heavy atom. The average Bonchev–Trinajstić information content (AvgIpc) is 2.86. The van der Waals surface area contributed by atoms with E-state index in [1.807, 2.05) is 13.8 Å². The van der Waals surface area contributed by atoms with E-state index in [1.54, 1.807) is 0 Å². The molecule has 1 aliphatic rings. The molecule has 0 bridgehead atoms. The molecule has 0 atom stereocenters. The van der Waals surface area contributed by atoms with Gasteiger partial charge in [0.1, 0.15) is 0 Å². The third kappa shape index (κ3) is 5.10. The molecule has 2 heterocycles. The van der Waals surface area contributed by atoms with Crippen LogP contribution in [0.2, 0.25) is 0 Å². The van der Waals surface area contributed by atoms with Gasteiger partial charge in [0.25, 0.3) is 0 Å². The first-order valence-corrected chi connectivity index (χ1v) is 8.25. The minimum Gasteiger partial charge on any atom is -0.357 e. The van der Waals surface area contributed by atoms with E-state index in [0.29, 0.717) is 5.13 Å². The molecule has 0 amide bonds. The monoisotopic (exact) mass is 336 g/mol. The van der Waals surface area contributed by atoms with E-state index in [1.165, 1.54) is 0 Å². The quantitative estimate of drug-likeness (QED) is 0.896. The molecule has 1 aromatic heterocycles. The molecule has 1 N–H and O–H groups in total. The second-order valence-corrected chi connectivity index (χ2v) is 7.30. The van der Waals surface area contributed by atoms with Crippen LogP contribution in [-0.4, -0.2) is 60.1 Å². The normalized spacial score (nSPS) is 18.6. The molecular formula is C14H23F3N4S. The molecule has 0 aromatic carbocycles. The van der Waals surface area contributed by atoms with Crippen molar-refractivity contribution in [1.29, 1.82) is 0 Å². The maximum Gasteiger partial charge on any atom is 0.434 e. The Labute approximate surface area is 133 Å². The van der Waals surface area contributed by atoms with Crippen molar-refractivity contribution in [3.05, 3.63) is 11.1 Å². The summed E-state index contributed by atoms with van der Waals surface area (Å²) in [5.41, 5.74) is -1.11. The van der Waals surface area contributed by atoms with E-state index >= 15 is 0 Å². The summed E-state index contributed by atoms with van der Waals surface area (Å²) in [6.07, 6.45) is -3.52. The number of thiazole rings is 1. The molecular weight excluding hydrogens is 313 g/mol. The van der Waals surface area contributed by atoms with Crippen LogP contribution in [0.15, 0.2) is 5.38 Å². The number of piperazine rings is 1. The van der Waals surface area contributed by atoms with Crippen molar-refractivity contribution in [2.24, 2.45) is 0 Å². The number of hydrogen-bond donors (Lipinski definition) is 1. The molecule has 2 rings (SSSR count). The van der Waals surface area contributed by atoms with Crippen molar-refractivity contribution in [3.63, 3.8) is 0 Å². The van der Waals surface area contributed by atoms with E-state index in [9.17, 15) is 13.2 Å². The summed E-state index contributed by atoms with van der Waals surface area (Å²) in [4.78, 5) is 8.33. The third-order valence-electron chi connectivity index (χ3n) is 3.89. The van der Waals surface area contributed by atoms with Crippen LogP contribution in [0, 0.1) is 0 Å². The number of nitrogens with zero attached hydrogens (tertiary/aromatic N) is 3. The maximum atomic E-state index is 12.6. The van der Waals surface area contributed by atoms with Crippen LogP contribution in [0.25, 0.3) is 0 Å². The van der Waals surface area contributed by atoms with Crippen molar-refractivity contribution in [1.82, 2.24) is 14.8 Å². The van der Waals surface area contributed by atoms with Gasteiger partial charge in [0.05, 0.1) is 0 Å². The third-order valence-corrected chi connectivity index (χ3v) is 4.65. The largest absolute Gasteiger partial charge is 0.434 e. The van der Waals surface area contributed by atoms with E-state index in [4.69, 9.17) is 0 Å². The van der Waals surface area contributed by atoms with E-state index in [0.717, 1.165) is 55.9 Å². The molecule has 22 heavy (non-hydrogen) atoms. The van der Waals surface area contributed by atoms with Crippen LogP contribution in [0.1, 0.15) is 26.0 Å². The van der Waals surface area contributed by atoms with Crippen molar-refractivity contribution in [2.45, 2.75) is 32.0 Å². The van der Waals surface area contributed by atoms with Gasteiger partial charge in [0.15, 0.2) is 10.8 Å². The fraction of sp³-hybridized carbons (Fsp3) is 0.786. The van der Waals surface area contributed by atoms with Gasteiger partial charge in [0.2, 0.25) is 0 Å². The van der Waals surface area contributed by atoms with Gasteiger partial charge < -0.3 is 15.1 Å². The minimum absolute atomic E-state index is 0.288. The summed E-state index contributed by atoms with van der Waals surface area (Å²) in [6.45, 7) is 9.15. The van der Waals surface area contributed by atoms with Gasteiger partial charge in [-0.2, -0.15) is 13.2 Å². The first-order valence-electron chi connectivity index (χ1n) is 7.37. The van der Waals surface area contributed by atoms with Crippen molar-refractivity contribution in [3.8, 4) is 0 Å². The molecule has 4 nitrogen and oxygen atoms in total. The number of halogens is 3. The Balaban J connectivity index is 1.84. The standard InChI is InChI=1S/C14H23F3N4S/c1-13(2,4-5-21-8-6-20(3)7-9-21)19-12-18-11(10-22-12)14(15,16)17/h10H,4-9H2,1-3H3,(H,18,19). The van der Waals surface area contributed by atoms with Gasteiger partial charge >= 0.3 is 6.18 Å². The highest BCUT2D eigenvalue weighted by atomic mass is 32.1. The fourth-order valence-electron chi connectivity index (χ4n) is 2.32. The number of alkyl halides is 3. The smallest absolute Gasteiger partial charge is 0.357 e. The lowest BCUT2D eigenvalue weighted by molar-refractivity contribution is -0.140. The van der Waals surface area contributed by atoms with Crippen LogP contribution >= 0.6 is 11.3 Å². The summed E-state index contributed by atoms with van der Waals surface area (Å²) in [7, 11) is 2.11. The molecule has 1 aliphatic heterocycles. The van der Waals surface area contributed by atoms with Crippen molar-refractivity contribution in [2.75, 3.05) is 45.1 Å². The number of nitrogens with one attached hydrogen (secondary N) is 1. The lowest BCUT2D eigenvalue weighted by Crippen LogP contribution is -2.46. The molecule has 1 aromatic rings. The molecule has 0 radical (unpaired) electrons. The minimum atomic E-state index is -4.37. The number of rotatable bonds is 5. The summed E-state index contributed by atoms with van der Waals surface area (Å²) in [6, 6.07) is 0. The van der Waals surface area contributed by atoms with Crippen LogP contribution in [0.4, 0.5) is 18.3 Å². The van der Waals surface area contributed by atoms with E-state index in [-0.39, 0.29) is 5.54 Å². The van der Waals surface area contributed by atoms with Gasteiger partial charge in [-0.25, -0.2) is 4.98 Å². The number of hydrogen-bond acceptors (Lipinski definition) is 5. The zero-order valence-corrected chi connectivity index (χ0v) is 14.0. The Hall–Kier alpha value is -0.860. The van der Waals surface area contributed by atoms with Gasteiger partial charge in [-0.1, -0.05) is 0 Å². The average molecular weight is 336 g/mol. The Bertz CT molecular complexity index is 479. The van der Waals surface area contributed by atoms with Crippen molar-refractivity contribution < 1.29 is 13.2 Å². The summed E-state index contributed by atoms with van der Waals surface area (Å²) in [5, 5.41) is 4.51. The molecule has 0 unspecified atom stereocenters. The predicted octanol–water partition coefficient (Wildman–Crippen LogP) is 2.99. The van der Waals surface area contributed by atoms with Crippen LogP contribution in [-0.2, 0) is 6.18 Å². The van der Waals surface area contributed by atoms with Gasteiger partial charge in [-0.15, -0.1) is 11.3 Å². The number of aromatic nitrogens is 1. The second kappa shape index (κ2) is 6.72. The van der Waals surface area contributed by atoms with Crippen LogP contribution in [0.5, 0.6) is 0 Å². The summed E-state index contributed by atoms with van der Waals surface area (Å²) in [5.74, 6) is 0. The molecule has 126 valence electrons. The maximum absolute atomic E-state index is 12.6. The molecule has 8 heteroatoms. The Morgan fingerprint density at radius 3 is 2.41 bits per heavy atom. The Kier molecular flexibility index (Phi) is 5.34. The van der Waals surface area contributed by atoms with Gasteiger partial charge in [0, 0.05) is 43.6 Å². The van der Waals surface area contributed by atoms with Crippen LogP contribution < -0.4 is 5.32 Å². The highest BCUT2D eigenvalue weighted by Gasteiger charge is 2.34. The molecule has 1 saturated heterocycles. The van der Waals surface area contributed by atoms with E-state index < -0.39 is 11.9 Å². The van der Waals surface area contributed by atoms with Crippen LogP contribution in [0.3, 0.4) is 0 Å². The van der Waals surface area contributed by atoms with E-state index in [2.05, 4.69) is 27.1 Å². The SMILES string of the molecule is CN1CCN(CCC(C)(C)Nc2nc(C(F)(F)F)cs2)CC1. The number of likely N-dealkylation sites (N-methyl/N-ethyl adjacent to an activating group) is 1. The summed E-state index contributed by atoms with van der Waals surface area (Å²) < 4.78 is 37.7. The molecule has 1 fully saturated rings. The van der Waals surface area contributed by atoms with Crippen molar-refractivity contribution >= 4 is 16.5 Å². The molecule has 0 saturated carbocycles. The lowest BCUT2D eigenvalue weighted by Gasteiger charge is -2.35. The second-order valence-electron chi connectivity index (χ2n) is 6.44. The highest BCUT2D eigenvalue weighted by Crippen LogP contribution is 2.32. The number of anilines is 1. The molecule has 0 spiro atoms. The zero-order valence-electron chi connectivity index (χ0n) is 13.2. The molecule has 0 aliphatic carbocycles.